The molecule has 0 saturated heterocycles. The lowest BCUT2D eigenvalue weighted by molar-refractivity contribution is -0.119. The molecule has 40 heavy (non-hydrogen) atoms. The molecule has 10 heteroatoms. The number of carbonyl (C=O) groups is 1. The molecule has 3 aromatic carbocycles. The average molecular weight is 552 g/mol. The Kier molecular flexibility index (Phi) is 6.20. The van der Waals surface area contributed by atoms with Crippen LogP contribution in [0.4, 0.5) is 16.0 Å². The van der Waals surface area contributed by atoms with Crippen LogP contribution >= 0.6 is 11.6 Å². The summed E-state index contributed by atoms with van der Waals surface area (Å²) in [7, 11) is 0. The summed E-state index contributed by atoms with van der Waals surface area (Å²) in [4.78, 5) is 22.6. The number of rotatable bonds is 6. The molecule has 1 amide bonds. The molecule has 3 heterocycles. The summed E-state index contributed by atoms with van der Waals surface area (Å²) in [5.74, 6) is 0.0850. The summed E-state index contributed by atoms with van der Waals surface area (Å²) in [6.45, 7) is 1.96. The van der Waals surface area contributed by atoms with Crippen molar-refractivity contribution in [2.45, 2.75) is 31.7 Å². The quantitative estimate of drug-likeness (QED) is 0.282. The molecular weight excluding hydrogens is 529 g/mol. The predicted molar refractivity (Wildman–Crippen MR) is 151 cm³/mol. The standard InChI is InChI=1S/C30H23ClFN7O/c1-30(19-10-8-17(9-11-19)5-4-14-33)24-26(34)35-28(36-27(24)37-29(30)40)25-21-13-12-20(31)15-23(21)39(38-25)16-18-6-2-3-7-22(18)32/h2-3,6-13,15H,4-5,16H2,1H3,(H3,34,35,36,37,40). The van der Waals surface area contributed by atoms with Gasteiger partial charge in [-0.15, -0.1) is 0 Å². The first-order chi connectivity index (χ1) is 19.3. The van der Waals surface area contributed by atoms with Crippen molar-refractivity contribution in [3.63, 3.8) is 0 Å². The molecular formula is C30H23ClFN7O. The van der Waals surface area contributed by atoms with Gasteiger partial charge in [-0.1, -0.05) is 54.1 Å². The lowest BCUT2D eigenvalue weighted by atomic mass is 9.77. The van der Waals surface area contributed by atoms with E-state index in [1.165, 1.54) is 6.07 Å². The number of aryl methyl sites for hydroxylation is 1. The molecule has 8 nitrogen and oxygen atoms in total. The number of hydrogen-bond acceptors (Lipinski definition) is 6. The van der Waals surface area contributed by atoms with Crippen LogP contribution in [0.5, 0.6) is 0 Å². The van der Waals surface area contributed by atoms with Gasteiger partial charge in [0, 0.05) is 22.4 Å². The first kappa shape index (κ1) is 25.5. The summed E-state index contributed by atoms with van der Waals surface area (Å²) in [5, 5.41) is 17.7. The summed E-state index contributed by atoms with van der Waals surface area (Å²) in [6.07, 6.45) is 1.05. The number of hydrogen-bond donors (Lipinski definition) is 2. The lowest BCUT2D eigenvalue weighted by Gasteiger charge is -2.23. The number of nitrogens with one attached hydrogen (secondary N) is 1. The van der Waals surface area contributed by atoms with E-state index in [1.54, 1.807) is 48.0 Å². The van der Waals surface area contributed by atoms with Crippen molar-refractivity contribution >= 4 is 40.0 Å². The predicted octanol–water partition coefficient (Wildman–Crippen LogP) is 5.63. The zero-order valence-electron chi connectivity index (χ0n) is 21.4. The topological polar surface area (TPSA) is 123 Å². The van der Waals surface area contributed by atoms with Gasteiger partial charge >= 0.3 is 0 Å². The molecule has 0 fully saturated rings. The number of fused-ring (bicyclic) bond motifs is 2. The first-order valence-electron chi connectivity index (χ1n) is 12.6. The van der Waals surface area contributed by atoms with Crippen molar-refractivity contribution in [1.29, 1.82) is 5.26 Å². The maximum atomic E-state index is 14.5. The van der Waals surface area contributed by atoms with Crippen LogP contribution in [0.15, 0.2) is 66.7 Å². The Morgan fingerprint density at radius 2 is 1.90 bits per heavy atom. The van der Waals surface area contributed by atoms with Crippen molar-refractivity contribution < 1.29 is 9.18 Å². The maximum Gasteiger partial charge on any atom is 0.240 e. The van der Waals surface area contributed by atoms with Gasteiger partial charge < -0.3 is 11.1 Å². The van der Waals surface area contributed by atoms with E-state index in [0.29, 0.717) is 51.4 Å². The highest BCUT2D eigenvalue weighted by atomic mass is 35.5. The third-order valence-corrected chi connectivity index (χ3v) is 7.62. The van der Waals surface area contributed by atoms with Crippen LogP contribution in [-0.4, -0.2) is 25.7 Å². The largest absolute Gasteiger partial charge is 0.383 e. The van der Waals surface area contributed by atoms with Crippen molar-refractivity contribution in [1.82, 2.24) is 19.7 Å². The van der Waals surface area contributed by atoms with Crippen LogP contribution in [0.2, 0.25) is 5.02 Å². The molecule has 1 aliphatic heterocycles. The van der Waals surface area contributed by atoms with E-state index in [-0.39, 0.29) is 29.9 Å². The second-order valence-corrected chi connectivity index (χ2v) is 10.3. The molecule has 3 N–H and O–H groups in total. The second-order valence-electron chi connectivity index (χ2n) is 9.85. The number of nitrogens with two attached hydrogens (primary N) is 1. The number of nitrogen functional groups attached to an aromatic ring is 1. The van der Waals surface area contributed by atoms with E-state index in [0.717, 1.165) is 11.1 Å². The Balaban J connectivity index is 1.44. The number of carbonyl (C=O) groups excluding carboxylic acids is 1. The van der Waals surface area contributed by atoms with E-state index < -0.39 is 5.41 Å². The van der Waals surface area contributed by atoms with Crippen molar-refractivity contribution in [3.05, 3.63) is 99.8 Å². The molecule has 1 unspecified atom stereocenters. The number of aromatic nitrogens is 4. The van der Waals surface area contributed by atoms with E-state index in [2.05, 4.69) is 21.4 Å². The van der Waals surface area contributed by atoms with E-state index in [9.17, 15) is 9.18 Å². The summed E-state index contributed by atoms with van der Waals surface area (Å²) >= 11 is 6.29. The Hall–Kier alpha value is -4.81. The van der Waals surface area contributed by atoms with Gasteiger partial charge in [-0.05, 0) is 48.7 Å². The normalized spacial score (nSPS) is 16.1. The molecule has 1 atom stereocenters. The van der Waals surface area contributed by atoms with Crippen LogP contribution < -0.4 is 11.1 Å². The fourth-order valence-electron chi connectivity index (χ4n) is 5.21. The Morgan fingerprint density at radius 1 is 1.12 bits per heavy atom. The minimum Gasteiger partial charge on any atom is -0.383 e. The second kappa shape index (κ2) is 9.74. The third kappa shape index (κ3) is 4.14. The molecule has 1 aliphatic rings. The SMILES string of the molecule is CC1(c2ccc(CCC#N)cc2)C(=O)Nc2nc(-c3nn(Cc4ccccc4F)c4cc(Cl)ccc34)nc(N)c21. The molecule has 198 valence electrons. The molecule has 0 radical (unpaired) electrons. The van der Waals surface area contributed by atoms with Crippen molar-refractivity contribution in [3.8, 4) is 17.6 Å². The average Bonchev–Trinajstić information content (AvgIpc) is 3.43. The smallest absolute Gasteiger partial charge is 0.240 e. The van der Waals surface area contributed by atoms with Gasteiger partial charge in [-0.3, -0.25) is 9.48 Å². The van der Waals surface area contributed by atoms with E-state index in [4.69, 9.17) is 27.7 Å². The van der Waals surface area contributed by atoms with Gasteiger partial charge in [0.15, 0.2) is 5.82 Å². The fourth-order valence-corrected chi connectivity index (χ4v) is 5.38. The molecule has 0 aliphatic carbocycles. The zero-order valence-corrected chi connectivity index (χ0v) is 22.2. The van der Waals surface area contributed by atoms with Gasteiger partial charge in [-0.2, -0.15) is 10.4 Å². The number of benzene rings is 3. The summed E-state index contributed by atoms with van der Waals surface area (Å²) < 4.78 is 16.1. The fraction of sp³-hybridized carbons (Fsp3) is 0.167. The summed E-state index contributed by atoms with van der Waals surface area (Å²) in [5.41, 5.74) is 9.22. The van der Waals surface area contributed by atoms with Crippen LogP contribution in [0.3, 0.4) is 0 Å². The van der Waals surface area contributed by atoms with Gasteiger partial charge in [0.25, 0.3) is 0 Å². The molecule has 0 spiro atoms. The highest BCUT2D eigenvalue weighted by Gasteiger charge is 2.47. The van der Waals surface area contributed by atoms with Crippen LogP contribution in [0, 0.1) is 17.1 Å². The first-order valence-corrected chi connectivity index (χ1v) is 13.0. The Bertz CT molecular complexity index is 1840. The number of nitrogens with zero attached hydrogens (tertiary/aromatic N) is 5. The summed E-state index contributed by atoms with van der Waals surface area (Å²) in [6, 6.07) is 21.5. The van der Waals surface area contributed by atoms with E-state index in [1.807, 2.05) is 24.3 Å². The van der Waals surface area contributed by atoms with Crippen molar-refractivity contribution in [2.75, 3.05) is 11.1 Å². The van der Waals surface area contributed by atoms with Gasteiger partial charge in [0.2, 0.25) is 5.91 Å². The van der Waals surface area contributed by atoms with Crippen LogP contribution in [-0.2, 0) is 23.2 Å². The zero-order chi connectivity index (χ0) is 28.0. The maximum absolute atomic E-state index is 14.5. The van der Waals surface area contributed by atoms with Gasteiger partial charge in [-0.25, -0.2) is 14.4 Å². The Morgan fingerprint density at radius 3 is 2.65 bits per heavy atom. The van der Waals surface area contributed by atoms with Gasteiger partial charge in [0.1, 0.15) is 28.6 Å². The minimum absolute atomic E-state index is 0.153. The number of anilines is 2. The lowest BCUT2D eigenvalue weighted by Crippen LogP contribution is -2.33. The highest BCUT2D eigenvalue weighted by molar-refractivity contribution is 6.31. The number of nitriles is 1. The molecule has 5 aromatic rings. The molecule has 2 aromatic heterocycles. The van der Waals surface area contributed by atoms with Crippen LogP contribution in [0.25, 0.3) is 22.4 Å². The van der Waals surface area contributed by atoms with E-state index >= 15 is 0 Å². The molecule has 6 rings (SSSR count). The number of halogens is 2. The highest BCUT2D eigenvalue weighted by Crippen LogP contribution is 2.45. The third-order valence-electron chi connectivity index (χ3n) is 7.38. The minimum atomic E-state index is -1.11. The van der Waals surface area contributed by atoms with Crippen LogP contribution in [0.1, 0.15) is 35.6 Å². The number of amides is 1. The Labute approximate surface area is 234 Å². The molecule has 0 saturated carbocycles. The molecule has 0 bridgehead atoms. The van der Waals surface area contributed by atoms with Gasteiger partial charge in [0.05, 0.1) is 23.7 Å². The monoisotopic (exact) mass is 551 g/mol. The van der Waals surface area contributed by atoms with Crippen molar-refractivity contribution in [2.24, 2.45) is 0 Å².